The number of unbranched alkanes of at least 4 members (excludes halogenated alkanes) is 4. The molecule has 0 heterocycles. The Morgan fingerprint density at radius 2 is 1.70 bits per heavy atom. The summed E-state index contributed by atoms with van der Waals surface area (Å²) in [6.45, 7) is 2.20. The number of hydrogen-bond acceptors (Lipinski definition) is 2. The highest BCUT2D eigenvalue weighted by Gasteiger charge is 1.93. The van der Waals surface area contributed by atoms with Gasteiger partial charge in [-0.1, -0.05) is 68.4 Å². The molecule has 0 spiro atoms. The Bertz CT molecular complexity index is 392. The molecular formula is C20H32O3. The van der Waals surface area contributed by atoms with E-state index in [0.717, 1.165) is 19.3 Å². The molecular weight excluding hydrogens is 288 g/mol. The first-order valence-electron chi connectivity index (χ1n) is 8.70. The molecule has 23 heavy (non-hydrogen) atoms. The zero-order valence-electron chi connectivity index (χ0n) is 14.4. The van der Waals surface area contributed by atoms with Crippen LogP contribution in [0, 0.1) is 0 Å². The average molecular weight is 320 g/mol. The number of carbonyl (C=O) groups is 1. The maximum absolute atomic E-state index is 10.3. The van der Waals surface area contributed by atoms with Crippen molar-refractivity contribution < 1.29 is 15.0 Å². The third kappa shape index (κ3) is 18.3. The van der Waals surface area contributed by atoms with E-state index >= 15 is 0 Å². The fourth-order valence-electron chi connectivity index (χ4n) is 1.96. The van der Waals surface area contributed by atoms with E-state index in [1.807, 2.05) is 36.5 Å². The van der Waals surface area contributed by atoms with Gasteiger partial charge in [-0.05, 0) is 38.5 Å². The van der Waals surface area contributed by atoms with Gasteiger partial charge in [0.05, 0.1) is 6.10 Å². The topological polar surface area (TPSA) is 57.5 Å². The van der Waals surface area contributed by atoms with Crippen molar-refractivity contribution in [1.82, 2.24) is 0 Å². The van der Waals surface area contributed by atoms with E-state index in [-0.39, 0.29) is 6.42 Å². The molecule has 2 N–H and O–H groups in total. The van der Waals surface area contributed by atoms with Crippen LogP contribution in [0.5, 0.6) is 0 Å². The quantitative estimate of drug-likeness (QED) is 0.263. The predicted molar refractivity (Wildman–Crippen MR) is 97.4 cm³/mol. The molecule has 1 atom stereocenters. The van der Waals surface area contributed by atoms with E-state index in [9.17, 15) is 9.90 Å². The molecule has 0 aliphatic rings. The van der Waals surface area contributed by atoms with Crippen LogP contribution < -0.4 is 0 Å². The second-order valence-corrected chi connectivity index (χ2v) is 5.58. The minimum atomic E-state index is -0.738. The zero-order valence-corrected chi connectivity index (χ0v) is 14.4. The number of allylic oxidation sites excluding steroid dienone is 6. The second kappa shape index (κ2) is 16.8. The molecule has 0 fully saturated rings. The van der Waals surface area contributed by atoms with Crippen LogP contribution in [0.1, 0.15) is 64.7 Å². The minimum absolute atomic E-state index is 0.230. The Balaban J connectivity index is 3.62. The molecule has 0 aliphatic heterocycles. The molecule has 0 radical (unpaired) electrons. The van der Waals surface area contributed by atoms with Gasteiger partial charge in [-0.3, -0.25) is 4.79 Å². The lowest BCUT2D eigenvalue weighted by atomic mass is 10.1. The molecule has 130 valence electrons. The van der Waals surface area contributed by atoms with Gasteiger partial charge in [0.15, 0.2) is 0 Å². The van der Waals surface area contributed by atoms with E-state index in [2.05, 4.69) is 13.0 Å². The third-order valence-corrected chi connectivity index (χ3v) is 3.30. The highest BCUT2D eigenvalue weighted by Crippen LogP contribution is 2.02. The third-order valence-electron chi connectivity index (χ3n) is 3.30. The number of aliphatic hydroxyl groups excluding tert-OH is 1. The monoisotopic (exact) mass is 320 g/mol. The summed E-state index contributed by atoms with van der Waals surface area (Å²) in [5, 5.41) is 18.3. The Morgan fingerprint density at radius 1 is 0.957 bits per heavy atom. The zero-order chi connectivity index (χ0) is 17.2. The van der Waals surface area contributed by atoms with E-state index in [0.29, 0.717) is 12.8 Å². The lowest BCUT2D eigenvalue weighted by Gasteiger charge is -1.99. The van der Waals surface area contributed by atoms with Crippen LogP contribution in [-0.2, 0) is 4.79 Å². The normalized spacial score (nSPS) is 13.8. The molecule has 0 aliphatic carbocycles. The molecule has 0 aromatic carbocycles. The highest BCUT2D eigenvalue weighted by atomic mass is 16.4. The van der Waals surface area contributed by atoms with E-state index in [1.165, 1.54) is 19.3 Å². The van der Waals surface area contributed by atoms with Gasteiger partial charge in [0, 0.05) is 6.42 Å². The molecule has 0 bridgehead atoms. The molecule has 0 aromatic heterocycles. The smallest absolute Gasteiger partial charge is 0.303 e. The fraction of sp³-hybridized carbons (Fsp3) is 0.550. The molecule has 0 saturated heterocycles. The number of rotatable bonds is 14. The van der Waals surface area contributed by atoms with Crippen LogP contribution in [0.4, 0.5) is 0 Å². The summed E-state index contributed by atoms with van der Waals surface area (Å²) in [7, 11) is 0. The molecule has 0 aromatic rings. The van der Waals surface area contributed by atoms with Gasteiger partial charge in [-0.2, -0.15) is 0 Å². The van der Waals surface area contributed by atoms with Crippen LogP contribution in [0.15, 0.2) is 48.6 Å². The van der Waals surface area contributed by atoms with Gasteiger partial charge >= 0.3 is 5.97 Å². The largest absolute Gasteiger partial charge is 0.481 e. The summed E-state index contributed by atoms with van der Waals surface area (Å²) in [4.78, 5) is 10.3. The van der Waals surface area contributed by atoms with Crippen molar-refractivity contribution in [2.45, 2.75) is 70.8 Å². The van der Waals surface area contributed by atoms with Crippen LogP contribution >= 0.6 is 0 Å². The first kappa shape index (κ1) is 21.4. The molecule has 0 saturated carbocycles. The van der Waals surface area contributed by atoms with Gasteiger partial charge in [-0.15, -0.1) is 0 Å². The van der Waals surface area contributed by atoms with Crippen LogP contribution in [-0.4, -0.2) is 22.3 Å². The second-order valence-electron chi connectivity index (χ2n) is 5.58. The number of carboxylic acid groups (broad SMARTS) is 1. The highest BCUT2D eigenvalue weighted by molar-refractivity contribution is 5.66. The van der Waals surface area contributed by atoms with Crippen molar-refractivity contribution >= 4 is 5.97 Å². The van der Waals surface area contributed by atoms with Crippen molar-refractivity contribution in [3.8, 4) is 0 Å². The van der Waals surface area contributed by atoms with E-state index < -0.39 is 12.1 Å². The number of hydrogen-bond donors (Lipinski definition) is 2. The average Bonchev–Trinajstić information content (AvgIpc) is 2.52. The molecule has 3 heteroatoms. The van der Waals surface area contributed by atoms with E-state index in [4.69, 9.17) is 5.11 Å². The SMILES string of the molecule is CCCCC/C=C/C[C@H](O)/C=C/C=C/C/C=C/CCCC(=O)O. The number of aliphatic hydroxyl groups is 1. The Hall–Kier alpha value is -1.61. The first-order valence-corrected chi connectivity index (χ1v) is 8.70. The summed E-state index contributed by atoms with van der Waals surface area (Å²) in [6.07, 6.45) is 23.5. The van der Waals surface area contributed by atoms with Gasteiger partial charge in [0.2, 0.25) is 0 Å². The van der Waals surface area contributed by atoms with Crippen LogP contribution in [0.2, 0.25) is 0 Å². The maximum Gasteiger partial charge on any atom is 0.303 e. The maximum atomic E-state index is 10.3. The van der Waals surface area contributed by atoms with Gasteiger partial charge in [0.25, 0.3) is 0 Å². The fourth-order valence-corrected chi connectivity index (χ4v) is 1.96. The molecule has 0 amide bonds. The van der Waals surface area contributed by atoms with Gasteiger partial charge in [0.1, 0.15) is 0 Å². The molecule has 3 nitrogen and oxygen atoms in total. The lowest BCUT2D eigenvalue weighted by Crippen LogP contribution is -1.98. The van der Waals surface area contributed by atoms with Crippen molar-refractivity contribution in [2.75, 3.05) is 0 Å². The summed E-state index contributed by atoms with van der Waals surface area (Å²) in [5.74, 6) is -0.738. The lowest BCUT2D eigenvalue weighted by molar-refractivity contribution is -0.137. The standard InChI is InChI=1S/C20H32O3/c1-2-3-4-5-10-13-16-19(21)17-14-11-8-6-7-9-12-15-18-20(22)23/h7-11,13-14,17,19,21H,2-6,12,15-16,18H2,1H3,(H,22,23)/b9-7+,11-8+,13-10+,17-14+/t19-/m0/s1. The Kier molecular flexibility index (Phi) is 15.6. The van der Waals surface area contributed by atoms with Crippen LogP contribution in [0.25, 0.3) is 0 Å². The Morgan fingerprint density at radius 3 is 2.43 bits per heavy atom. The minimum Gasteiger partial charge on any atom is -0.481 e. The van der Waals surface area contributed by atoms with Crippen molar-refractivity contribution in [3.63, 3.8) is 0 Å². The first-order chi connectivity index (χ1) is 11.2. The van der Waals surface area contributed by atoms with Crippen molar-refractivity contribution in [1.29, 1.82) is 0 Å². The van der Waals surface area contributed by atoms with Crippen molar-refractivity contribution in [3.05, 3.63) is 48.6 Å². The molecule has 0 rings (SSSR count). The number of aliphatic carboxylic acids is 1. The summed E-state index contributed by atoms with van der Waals surface area (Å²) in [6, 6.07) is 0. The molecule has 0 unspecified atom stereocenters. The van der Waals surface area contributed by atoms with Crippen molar-refractivity contribution in [2.24, 2.45) is 0 Å². The van der Waals surface area contributed by atoms with Crippen LogP contribution in [0.3, 0.4) is 0 Å². The predicted octanol–water partition coefficient (Wildman–Crippen LogP) is 5.19. The summed E-state index contributed by atoms with van der Waals surface area (Å²) < 4.78 is 0. The van der Waals surface area contributed by atoms with Gasteiger partial charge in [-0.25, -0.2) is 0 Å². The van der Waals surface area contributed by atoms with Gasteiger partial charge < -0.3 is 10.2 Å². The summed E-state index contributed by atoms with van der Waals surface area (Å²) >= 11 is 0. The number of carboxylic acids is 1. The Labute approximate surface area is 141 Å². The van der Waals surface area contributed by atoms with E-state index in [1.54, 1.807) is 6.08 Å². The summed E-state index contributed by atoms with van der Waals surface area (Å²) in [5.41, 5.74) is 0.